The molecule has 4 rings (SSSR count). The molecule has 1 amide bonds. The molecule has 1 aromatic carbocycles. The van der Waals surface area contributed by atoms with Gasteiger partial charge in [-0.3, -0.25) is 9.48 Å². The zero-order valence-corrected chi connectivity index (χ0v) is 18.7. The number of anilines is 1. The van der Waals surface area contributed by atoms with Crippen molar-refractivity contribution in [1.82, 2.24) is 19.7 Å². The lowest BCUT2D eigenvalue weighted by Gasteiger charge is -2.35. The molecule has 0 spiro atoms. The van der Waals surface area contributed by atoms with Gasteiger partial charge in [-0.1, -0.05) is 30.7 Å². The molecule has 0 bridgehead atoms. The minimum atomic E-state index is 0.121. The maximum Gasteiger partial charge on any atom is 0.244 e. The second-order valence-electron chi connectivity index (χ2n) is 7.72. The van der Waals surface area contributed by atoms with E-state index < -0.39 is 0 Å². The number of aryl methyl sites for hydroxylation is 2. The van der Waals surface area contributed by atoms with E-state index in [-0.39, 0.29) is 12.5 Å². The van der Waals surface area contributed by atoms with Gasteiger partial charge >= 0.3 is 0 Å². The summed E-state index contributed by atoms with van der Waals surface area (Å²) in [6, 6.07) is 14.4. The van der Waals surface area contributed by atoms with E-state index in [1.165, 1.54) is 5.56 Å². The highest BCUT2D eigenvalue weighted by Crippen LogP contribution is 2.21. The lowest BCUT2D eigenvalue weighted by atomic mass is 10.1. The molecule has 1 atom stereocenters. The average molecular weight is 421 g/mol. The summed E-state index contributed by atoms with van der Waals surface area (Å²) in [6.45, 7) is 7.46. The highest BCUT2D eigenvalue weighted by Gasteiger charge is 2.23. The van der Waals surface area contributed by atoms with Crippen molar-refractivity contribution in [2.45, 2.75) is 26.8 Å². The normalized spacial score (nSPS) is 14.2. The number of nitrogens with zero attached hydrogens (tertiary/aromatic N) is 5. The van der Waals surface area contributed by atoms with Gasteiger partial charge in [-0.15, -0.1) is 9.24 Å². The van der Waals surface area contributed by atoms with E-state index in [9.17, 15) is 4.79 Å². The van der Waals surface area contributed by atoms with Crippen LogP contribution in [0.3, 0.4) is 0 Å². The van der Waals surface area contributed by atoms with Crippen LogP contribution in [-0.2, 0) is 17.8 Å². The lowest BCUT2D eigenvalue weighted by molar-refractivity contribution is -0.132. The molecule has 1 saturated heterocycles. The molecule has 7 heteroatoms. The van der Waals surface area contributed by atoms with Crippen LogP contribution in [0.25, 0.3) is 11.3 Å². The van der Waals surface area contributed by atoms with Gasteiger partial charge in [-0.05, 0) is 42.9 Å². The molecule has 30 heavy (non-hydrogen) atoms. The zero-order chi connectivity index (χ0) is 21.1. The zero-order valence-electron chi connectivity index (χ0n) is 17.6. The van der Waals surface area contributed by atoms with E-state index in [0.29, 0.717) is 13.1 Å². The molecule has 1 aliphatic rings. The van der Waals surface area contributed by atoms with Crippen LogP contribution in [0.15, 0.2) is 48.7 Å². The Morgan fingerprint density at radius 2 is 1.90 bits per heavy atom. The van der Waals surface area contributed by atoms with Crippen molar-refractivity contribution >= 4 is 26.3 Å². The Morgan fingerprint density at radius 1 is 1.10 bits per heavy atom. The van der Waals surface area contributed by atoms with Crippen molar-refractivity contribution in [2.24, 2.45) is 0 Å². The van der Waals surface area contributed by atoms with E-state index in [0.717, 1.165) is 47.6 Å². The molecule has 3 heterocycles. The molecule has 1 aliphatic heterocycles. The SMILES string of the molecule is CCc1cc(-c2cccc(C)c2)nn1CC(=O)N1CCN(c2cc(P)ccn2)CC1. The van der Waals surface area contributed by atoms with Gasteiger partial charge in [0.15, 0.2) is 0 Å². The summed E-state index contributed by atoms with van der Waals surface area (Å²) < 4.78 is 1.87. The fourth-order valence-corrected chi connectivity index (χ4v) is 4.08. The van der Waals surface area contributed by atoms with Crippen LogP contribution >= 0.6 is 9.24 Å². The maximum atomic E-state index is 13.0. The van der Waals surface area contributed by atoms with Crippen molar-refractivity contribution in [2.75, 3.05) is 31.1 Å². The molecule has 1 unspecified atom stereocenters. The Labute approximate surface area is 180 Å². The molecule has 0 radical (unpaired) electrons. The summed E-state index contributed by atoms with van der Waals surface area (Å²) in [5.41, 5.74) is 4.31. The van der Waals surface area contributed by atoms with Gasteiger partial charge in [0, 0.05) is 43.6 Å². The number of aromatic nitrogens is 3. The van der Waals surface area contributed by atoms with Crippen molar-refractivity contribution < 1.29 is 4.79 Å². The summed E-state index contributed by atoms with van der Waals surface area (Å²) in [5.74, 6) is 1.09. The first-order valence-corrected chi connectivity index (χ1v) is 11.0. The summed E-state index contributed by atoms with van der Waals surface area (Å²) in [6.07, 6.45) is 2.67. The first kappa shape index (κ1) is 20.5. The molecular formula is C23H28N5OP. The number of hydrogen-bond donors (Lipinski definition) is 0. The van der Waals surface area contributed by atoms with Crippen molar-refractivity contribution in [3.63, 3.8) is 0 Å². The minimum Gasteiger partial charge on any atom is -0.353 e. The van der Waals surface area contributed by atoms with Gasteiger partial charge < -0.3 is 9.80 Å². The number of carbonyl (C=O) groups is 1. The Bertz CT molecular complexity index is 1040. The van der Waals surface area contributed by atoms with Crippen molar-refractivity contribution in [3.8, 4) is 11.3 Å². The highest BCUT2D eigenvalue weighted by atomic mass is 31.0. The van der Waals surface area contributed by atoms with Crippen LogP contribution < -0.4 is 10.2 Å². The molecular weight excluding hydrogens is 393 g/mol. The fraction of sp³-hybridized carbons (Fsp3) is 0.348. The molecule has 2 aromatic heterocycles. The number of amides is 1. The third-order valence-electron chi connectivity index (χ3n) is 5.55. The summed E-state index contributed by atoms with van der Waals surface area (Å²) in [5, 5.41) is 5.87. The smallest absolute Gasteiger partial charge is 0.244 e. The topological polar surface area (TPSA) is 54.3 Å². The number of carbonyl (C=O) groups excluding carboxylic acids is 1. The van der Waals surface area contributed by atoms with E-state index in [1.807, 2.05) is 27.9 Å². The third kappa shape index (κ3) is 4.54. The molecule has 1 fully saturated rings. The number of rotatable bonds is 5. The van der Waals surface area contributed by atoms with Crippen LogP contribution in [0.1, 0.15) is 18.2 Å². The van der Waals surface area contributed by atoms with Crippen LogP contribution in [0.2, 0.25) is 0 Å². The number of hydrogen-bond acceptors (Lipinski definition) is 4. The van der Waals surface area contributed by atoms with Gasteiger partial charge in [0.2, 0.25) is 5.91 Å². The maximum absolute atomic E-state index is 13.0. The molecule has 3 aromatic rings. The predicted molar refractivity (Wildman–Crippen MR) is 124 cm³/mol. The summed E-state index contributed by atoms with van der Waals surface area (Å²) >= 11 is 0. The summed E-state index contributed by atoms with van der Waals surface area (Å²) in [4.78, 5) is 21.6. The predicted octanol–water partition coefficient (Wildman–Crippen LogP) is 2.67. The molecule has 0 aliphatic carbocycles. The number of benzene rings is 1. The third-order valence-corrected chi connectivity index (χ3v) is 5.91. The van der Waals surface area contributed by atoms with Gasteiger partial charge in [0.25, 0.3) is 0 Å². The van der Waals surface area contributed by atoms with Gasteiger partial charge in [-0.25, -0.2) is 4.98 Å². The largest absolute Gasteiger partial charge is 0.353 e. The quantitative estimate of drug-likeness (QED) is 0.595. The second kappa shape index (κ2) is 8.97. The van der Waals surface area contributed by atoms with Crippen LogP contribution in [0.4, 0.5) is 5.82 Å². The molecule has 0 saturated carbocycles. The minimum absolute atomic E-state index is 0.121. The molecule has 0 N–H and O–H groups in total. The van der Waals surface area contributed by atoms with Gasteiger partial charge in [-0.2, -0.15) is 5.10 Å². The van der Waals surface area contributed by atoms with Crippen molar-refractivity contribution in [1.29, 1.82) is 0 Å². The molecule has 6 nitrogen and oxygen atoms in total. The Morgan fingerprint density at radius 3 is 2.60 bits per heavy atom. The first-order chi connectivity index (χ1) is 14.5. The van der Waals surface area contributed by atoms with E-state index in [2.05, 4.69) is 63.3 Å². The Kier molecular flexibility index (Phi) is 6.14. The van der Waals surface area contributed by atoms with E-state index in [4.69, 9.17) is 5.10 Å². The summed E-state index contributed by atoms with van der Waals surface area (Å²) in [7, 11) is 2.71. The monoisotopic (exact) mass is 421 g/mol. The lowest BCUT2D eigenvalue weighted by Crippen LogP contribution is -2.50. The first-order valence-electron chi connectivity index (χ1n) is 10.4. The Balaban J connectivity index is 1.42. The average Bonchev–Trinajstić information content (AvgIpc) is 3.17. The van der Waals surface area contributed by atoms with Gasteiger partial charge in [0.05, 0.1) is 5.69 Å². The number of piperazine rings is 1. The second-order valence-corrected chi connectivity index (χ2v) is 8.38. The van der Waals surface area contributed by atoms with Gasteiger partial charge in [0.1, 0.15) is 12.4 Å². The standard InChI is InChI=1S/C23H28N5OP/c1-3-19-14-21(18-6-4-5-17(2)13-18)25-28(19)16-23(29)27-11-9-26(10-12-27)22-15-20(30)7-8-24-22/h4-8,13-15H,3,9-12,16,30H2,1-2H3. The molecule has 156 valence electrons. The van der Waals surface area contributed by atoms with E-state index in [1.54, 1.807) is 0 Å². The van der Waals surface area contributed by atoms with E-state index >= 15 is 0 Å². The number of pyridine rings is 1. The van der Waals surface area contributed by atoms with Crippen LogP contribution in [0.5, 0.6) is 0 Å². The van der Waals surface area contributed by atoms with Crippen molar-refractivity contribution in [3.05, 3.63) is 59.9 Å². The fourth-order valence-electron chi connectivity index (χ4n) is 3.84. The highest BCUT2D eigenvalue weighted by molar-refractivity contribution is 7.27. The Hall–Kier alpha value is -2.72. The van der Waals surface area contributed by atoms with Crippen LogP contribution in [-0.4, -0.2) is 51.8 Å². The van der Waals surface area contributed by atoms with Crippen LogP contribution in [0, 0.1) is 6.92 Å².